The van der Waals surface area contributed by atoms with Crippen LogP contribution >= 0.6 is 0 Å². The third kappa shape index (κ3) is 4.17. The van der Waals surface area contributed by atoms with Crippen molar-refractivity contribution in [2.45, 2.75) is 25.8 Å². The predicted molar refractivity (Wildman–Crippen MR) is 133 cm³/mol. The van der Waals surface area contributed by atoms with Crippen molar-refractivity contribution in [3.8, 4) is 11.3 Å². The van der Waals surface area contributed by atoms with Gasteiger partial charge >= 0.3 is 6.09 Å². The van der Waals surface area contributed by atoms with E-state index in [1.165, 1.54) is 11.0 Å². The summed E-state index contributed by atoms with van der Waals surface area (Å²) in [7, 11) is 0. The van der Waals surface area contributed by atoms with Gasteiger partial charge in [-0.3, -0.25) is 0 Å². The molecular formula is C25H24F2N8O2. The minimum atomic E-state index is -0.915. The van der Waals surface area contributed by atoms with E-state index in [0.717, 1.165) is 30.6 Å². The van der Waals surface area contributed by atoms with Gasteiger partial charge in [0.1, 0.15) is 22.9 Å². The normalized spacial score (nSPS) is 17.3. The Morgan fingerprint density at radius 2 is 1.86 bits per heavy atom. The van der Waals surface area contributed by atoms with Crippen LogP contribution in [0.15, 0.2) is 36.7 Å². The van der Waals surface area contributed by atoms with Gasteiger partial charge in [-0.2, -0.15) is 0 Å². The number of amides is 1. The minimum Gasteiger partial charge on any atom is -0.465 e. The van der Waals surface area contributed by atoms with E-state index in [1.54, 1.807) is 18.3 Å². The van der Waals surface area contributed by atoms with Crippen LogP contribution in [0.25, 0.3) is 22.3 Å². The maximum absolute atomic E-state index is 14.9. The zero-order valence-corrected chi connectivity index (χ0v) is 20.0. The first-order chi connectivity index (χ1) is 17.9. The fraction of sp³-hybridized carbons (Fsp3) is 0.320. The Bertz CT molecular complexity index is 1500. The average Bonchev–Trinajstić information content (AvgIpc) is 3.46. The number of nitrogens with zero attached hydrogens (tertiary/aromatic N) is 7. The zero-order valence-electron chi connectivity index (χ0n) is 20.0. The van der Waals surface area contributed by atoms with Crippen molar-refractivity contribution in [1.29, 1.82) is 0 Å². The van der Waals surface area contributed by atoms with Crippen molar-refractivity contribution in [1.82, 2.24) is 29.4 Å². The molecule has 0 aliphatic carbocycles. The number of aromatic nitrogens is 5. The summed E-state index contributed by atoms with van der Waals surface area (Å²) in [5, 5.41) is 12.1. The molecule has 4 aromatic rings. The number of rotatable bonds is 4. The summed E-state index contributed by atoms with van der Waals surface area (Å²) in [4.78, 5) is 31.7. The van der Waals surface area contributed by atoms with Gasteiger partial charge in [0.25, 0.3) is 0 Å². The molecule has 6 rings (SSSR count). The second-order valence-corrected chi connectivity index (χ2v) is 9.28. The van der Waals surface area contributed by atoms with E-state index >= 15 is 0 Å². The number of benzene rings is 1. The van der Waals surface area contributed by atoms with Crippen LogP contribution in [0, 0.1) is 11.6 Å². The highest BCUT2D eigenvalue weighted by Gasteiger charge is 2.25. The summed E-state index contributed by atoms with van der Waals surface area (Å²) in [5.41, 5.74) is 2.06. The van der Waals surface area contributed by atoms with Gasteiger partial charge in [-0.25, -0.2) is 33.5 Å². The highest BCUT2D eigenvalue weighted by Crippen LogP contribution is 2.34. The molecule has 190 valence electrons. The van der Waals surface area contributed by atoms with Crippen molar-refractivity contribution in [2.24, 2.45) is 0 Å². The molecule has 1 fully saturated rings. The average molecular weight is 507 g/mol. The molecule has 0 spiro atoms. The molecular weight excluding hydrogens is 482 g/mol. The third-order valence-electron chi connectivity index (χ3n) is 6.97. The largest absolute Gasteiger partial charge is 0.465 e. The van der Waals surface area contributed by atoms with E-state index in [1.807, 2.05) is 10.6 Å². The van der Waals surface area contributed by atoms with Crippen LogP contribution in [-0.4, -0.2) is 66.8 Å². The molecule has 1 amide bonds. The Labute approximate surface area is 210 Å². The van der Waals surface area contributed by atoms with Gasteiger partial charge in [0.2, 0.25) is 5.95 Å². The molecule has 3 aromatic heterocycles. The molecule has 2 aliphatic heterocycles. The summed E-state index contributed by atoms with van der Waals surface area (Å²) in [6, 6.07) is 6.78. The van der Waals surface area contributed by atoms with E-state index in [2.05, 4.69) is 37.1 Å². The second kappa shape index (κ2) is 8.95. The van der Waals surface area contributed by atoms with Crippen LogP contribution in [-0.2, 0) is 6.42 Å². The quantitative estimate of drug-likeness (QED) is 0.423. The van der Waals surface area contributed by atoms with Gasteiger partial charge in [-0.1, -0.05) is 0 Å². The molecule has 0 radical (unpaired) electrons. The maximum atomic E-state index is 14.9. The van der Waals surface area contributed by atoms with Crippen molar-refractivity contribution >= 4 is 34.6 Å². The number of carboxylic acid groups (broad SMARTS) is 1. The van der Waals surface area contributed by atoms with E-state index in [0.29, 0.717) is 43.1 Å². The van der Waals surface area contributed by atoms with E-state index < -0.39 is 17.7 Å². The highest BCUT2D eigenvalue weighted by atomic mass is 19.1. The van der Waals surface area contributed by atoms with E-state index in [4.69, 9.17) is 5.11 Å². The van der Waals surface area contributed by atoms with Gasteiger partial charge in [-0.05, 0) is 37.6 Å². The van der Waals surface area contributed by atoms with Gasteiger partial charge in [0, 0.05) is 44.2 Å². The summed E-state index contributed by atoms with van der Waals surface area (Å²) >= 11 is 0. The van der Waals surface area contributed by atoms with Gasteiger partial charge in [-0.15, -0.1) is 0 Å². The molecule has 10 nitrogen and oxygen atoms in total. The van der Waals surface area contributed by atoms with Crippen molar-refractivity contribution in [3.63, 3.8) is 0 Å². The number of hydrogen-bond donors (Lipinski definition) is 2. The molecule has 1 aromatic carbocycles. The lowest BCUT2D eigenvalue weighted by molar-refractivity contribution is 0.142. The number of hydrogen-bond acceptors (Lipinski definition) is 7. The van der Waals surface area contributed by atoms with Gasteiger partial charge < -0.3 is 24.8 Å². The molecule has 12 heteroatoms. The highest BCUT2D eigenvalue weighted by molar-refractivity contribution is 5.83. The summed E-state index contributed by atoms with van der Waals surface area (Å²) in [6.45, 7) is 4.06. The number of carbonyl (C=O) groups is 1. The van der Waals surface area contributed by atoms with Crippen LogP contribution < -0.4 is 10.2 Å². The maximum Gasteiger partial charge on any atom is 0.407 e. The zero-order chi connectivity index (χ0) is 25.7. The van der Waals surface area contributed by atoms with Crippen molar-refractivity contribution < 1.29 is 18.7 Å². The van der Waals surface area contributed by atoms with Gasteiger partial charge in [0.05, 0.1) is 23.6 Å². The summed E-state index contributed by atoms with van der Waals surface area (Å²) in [6.07, 6.45) is 3.53. The van der Waals surface area contributed by atoms with Crippen LogP contribution in [0.5, 0.6) is 0 Å². The van der Waals surface area contributed by atoms with Crippen LogP contribution in [0.1, 0.15) is 25.2 Å². The fourth-order valence-corrected chi connectivity index (χ4v) is 5.02. The van der Waals surface area contributed by atoms with Gasteiger partial charge in [0.15, 0.2) is 11.6 Å². The number of anilines is 3. The fourth-order valence-electron chi connectivity index (χ4n) is 5.02. The first-order valence-electron chi connectivity index (χ1n) is 12.1. The molecule has 2 aliphatic rings. The van der Waals surface area contributed by atoms with Crippen molar-refractivity contribution in [3.05, 3.63) is 54.1 Å². The standard InChI is InChI=1S/C25H24F2N8O2/c1-14-2-5-21-31-23-17(26)10-15(11-19(23)35(14)21)22-18(27)13-29-24(32-22)30-20-4-3-16(12-28-20)33-6-8-34(9-7-33)25(36)37/h3-4,10-14H,2,5-9H2,1H3,(H,36,37)(H,28,29,30,32). The summed E-state index contributed by atoms with van der Waals surface area (Å²) in [5.74, 6) is 0.230. The molecule has 5 heterocycles. The smallest absolute Gasteiger partial charge is 0.407 e. The Hall–Kier alpha value is -4.35. The molecule has 0 bridgehead atoms. The van der Waals surface area contributed by atoms with Crippen LogP contribution in [0.4, 0.5) is 31.0 Å². The molecule has 1 saturated heterocycles. The molecule has 0 saturated carbocycles. The number of fused-ring (bicyclic) bond motifs is 3. The predicted octanol–water partition coefficient (Wildman–Crippen LogP) is 4.22. The topological polar surface area (TPSA) is 112 Å². The Balaban J connectivity index is 1.24. The lowest BCUT2D eigenvalue weighted by atomic mass is 10.1. The first kappa shape index (κ1) is 23.1. The number of nitrogens with one attached hydrogen (secondary N) is 1. The molecule has 1 unspecified atom stereocenters. The molecule has 37 heavy (non-hydrogen) atoms. The lowest BCUT2D eigenvalue weighted by Crippen LogP contribution is -2.48. The minimum absolute atomic E-state index is 0.0209. The monoisotopic (exact) mass is 506 g/mol. The van der Waals surface area contributed by atoms with Crippen LogP contribution in [0.2, 0.25) is 0 Å². The Kier molecular flexibility index (Phi) is 5.58. The van der Waals surface area contributed by atoms with E-state index in [-0.39, 0.29) is 23.2 Å². The molecule has 1 atom stereocenters. The summed E-state index contributed by atoms with van der Waals surface area (Å²) < 4.78 is 31.7. The Morgan fingerprint density at radius 3 is 2.59 bits per heavy atom. The number of pyridine rings is 1. The Morgan fingerprint density at radius 1 is 1.05 bits per heavy atom. The van der Waals surface area contributed by atoms with E-state index in [9.17, 15) is 13.6 Å². The van der Waals surface area contributed by atoms with Crippen LogP contribution in [0.3, 0.4) is 0 Å². The SMILES string of the molecule is CC1CCc2nc3c(F)cc(-c4nc(Nc5ccc(N6CCN(C(=O)O)CC6)cn5)ncc4F)cc3n21. The molecule has 2 N–H and O–H groups in total. The number of piperazine rings is 1. The number of halogens is 2. The van der Waals surface area contributed by atoms with Crippen molar-refractivity contribution in [2.75, 3.05) is 36.4 Å². The third-order valence-corrected chi connectivity index (χ3v) is 6.97. The lowest BCUT2D eigenvalue weighted by Gasteiger charge is -2.34. The number of aryl methyl sites for hydroxylation is 1. The first-order valence-corrected chi connectivity index (χ1v) is 12.1. The number of imidazole rings is 1. The second-order valence-electron chi connectivity index (χ2n) is 9.28.